The van der Waals surface area contributed by atoms with E-state index in [4.69, 9.17) is 14.2 Å². The summed E-state index contributed by atoms with van der Waals surface area (Å²) in [6, 6.07) is 6.25. The van der Waals surface area contributed by atoms with Crippen molar-refractivity contribution in [1.29, 1.82) is 0 Å². The minimum absolute atomic E-state index is 0.00407. The number of benzene rings is 1. The summed E-state index contributed by atoms with van der Waals surface area (Å²) in [5, 5.41) is 3.15. The van der Waals surface area contributed by atoms with Gasteiger partial charge in [0.15, 0.2) is 11.5 Å². The van der Waals surface area contributed by atoms with Crippen molar-refractivity contribution >= 4 is 5.91 Å². The molecule has 1 aromatic rings. The molecule has 2 heterocycles. The first-order chi connectivity index (χ1) is 11.8. The van der Waals surface area contributed by atoms with Crippen LogP contribution in [0.5, 0.6) is 11.5 Å². The summed E-state index contributed by atoms with van der Waals surface area (Å²) in [5.41, 5.74) is 1.25. The van der Waals surface area contributed by atoms with Gasteiger partial charge < -0.3 is 19.5 Å². The molecule has 4 rings (SSSR count). The highest BCUT2D eigenvalue weighted by molar-refractivity contribution is 5.81. The Morgan fingerprint density at radius 3 is 2.62 bits per heavy atom. The van der Waals surface area contributed by atoms with Gasteiger partial charge in [-0.25, -0.2) is 0 Å². The van der Waals surface area contributed by atoms with Crippen LogP contribution in [-0.2, 0) is 14.9 Å². The number of nitrogens with one attached hydrogen (secondary N) is 1. The monoisotopic (exact) mass is 331 g/mol. The molecule has 5 heteroatoms. The zero-order valence-corrected chi connectivity index (χ0v) is 14.0. The molecular weight excluding hydrogens is 306 g/mol. The van der Waals surface area contributed by atoms with E-state index in [1.54, 1.807) is 0 Å². The second-order valence-electron chi connectivity index (χ2n) is 7.07. The Hall–Kier alpha value is -1.75. The molecule has 1 aliphatic carbocycles. The molecule has 0 bridgehead atoms. The molecule has 2 fully saturated rings. The van der Waals surface area contributed by atoms with Gasteiger partial charge in [0, 0.05) is 18.6 Å². The highest BCUT2D eigenvalue weighted by Gasteiger charge is 2.37. The van der Waals surface area contributed by atoms with Crippen LogP contribution in [0.1, 0.15) is 44.1 Å². The molecule has 1 atom stereocenters. The van der Waals surface area contributed by atoms with Gasteiger partial charge in [0.1, 0.15) is 19.3 Å². The topological polar surface area (TPSA) is 56.8 Å². The Bertz CT molecular complexity index is 603. The fourth-order valence-corrected chi connectivity index (χ4v) is 4.15. The molecule has 1 aromatic carbocycles. The summed E-state index contributed by atoms with van der Waals surface area (Å²) in [4.78, 5) is 12.3. The van der Waals surface area contributed by atoms with Crippen LogP contribution in [0.15, 0.2) is 18.2 Å². The summed E-state index contributed by atoms with van der Waals surface area (Å²) in [6.07, 6.45) is 6.14. The van der Waals surface area contributed by atoms with Crippen molar-refractivity contribution in [1.82, 2.24) is 5.32 Å². The normalized spacial score (nSPS) is 24.8. The number of hydrogen-bond acceptors (Lipinski definition) is 4. The molecule has 2 aliphatic heterocycles. The molecule has 1 amide bonds. The lowest BCUT2D eigenvalue weighted by Crippen LogP contribution is -2.43. The van der Waals surface area contributed by atoms with E-state index in [1.165, 1.54) is 18.4 Å². The first-order valence-electron chi connectivity index (χ1n) is 9.06. The predicted molar refractivity (Wildman–Crippen MR) is 89.6 cm³/mol. The fraction of sp³-hybridized carbons (Fsp3) is 0.632. The predicted octanol–water partition coefficient (Wildman–Crippen LogP) is 2.56. The van der Waals surface area contributed by atoms with Crippen molar-refractivity contribution in [3.05, 3.63) is 23.8 Å². The van der Waals surface area contributed by atoms with Crippen molar-refractivity contribution in [3.8, 4) is 11.5 Å². The number of amides is 1. The molecule has 3 aliphatic rings. The molecule has 130 valence electrons. The van der Waals surface area contributed by atoms with Gasteiger partial charge >= 0.3 is 0 Å². The maximum atomic E-state index is 12.3. The van der Waals surface area contributed by atoms with E-state index in [1.807, 2.05) is 6.07 Å². The maximum absolute atomic E-state index is 12.3. The minimum atomic E-state index is -0.260. The van der Waals surface area contributed by atoms with Crippen molar-refractivity contribution in [2.45, 2.75) is 50.0 Å². The van der Waals surface area contributed by atoms with Crippen LogP contribution in [0, 0.1) is 0 Å². The van der Waals surface area contributed by atoms with E-state index < -0.39 is 0 Å². The molecule has 1 saturated carbocycles. The molecule has 0 radical (unpaired) electrons. The molecule has 24 heavy (non-hydrogen) atoms. The lowest BCUT2D eigenvalue weighted by molar-refractivity contribution is -0.130. The van der Waals surface area contributed by atoms with Gasteiger partial charge in [0.25, 0.3) is 0 Å². The van der Waals surface area contributed by atoms with E-state index in [0.717, 1.165) is 37.2 Å². The molecule has 0 spiro atoms. The summed E-state index contributed by atoms with van der Waals surface area (Å²) in [5.74, 6) is 1.69. The molecule has 5 nitrogen and oxygen atoms in total. The summed E-state index contributed by atoms with van der Waals surface area (Å²) >= 11 is 0. The lowest BCUT2D eigenvalue weighted by atomic mass is 9.78. The van der Waals surface area contributed by atoms with Crippen LogP contribution >= 0.6 is 0 Å². The summed E-state index contributed by atoms with van der Waals surface area (Å²) < 4.78 is 16.9. The zero-order chi connectivity index (χ0) is 16.4. The minimum Gasteiger partial charge on any atom is -0.486 e. The third kappa shape index (κ3) is 2.97. The van der Waals surface area contributed by atoms with Crippen LogP contribution in [0.3, 0.4) is 0 Å². The van der Waals surface area contributed by atoms with Crippen molar-refractivity contribution in [2.24, 2.45) is 0 Å². The molecule has 1 saturated heterocycles. The van der Waals surface area contributed by atoms with Crippen LogP contribution in [0.2, 0.25) is 0 Å². The first kappa shape index (κ1) is 15.8. The van der Waals surface area contributed by atoms with Gasteiger partial charge in [0.2, 0.25) is 5.91 Å². The largest absolute Gasteiger partial charge is 0.486 e. The molecule has 1 N–H and O–H groups in total. The third-order valence-electron chi connectivity index (χ3n) is 5.54. The van der Waals surface area contributed by atoms with Gasteiger partial charge in [0.05, 0.1) is 0 Å². The van der Waals surface area contributed by atoms with Crippen LogP contribution in [0.4, 0.5) is 0 Å². The number of rotatable bonds is 4. The number of fused-ring (bicyclic) bond motifs is 1. The Labute approximate surface area is 142 Å². The highest BCUT2D eigenvalue weighted by atomic mass is 16.6. The Morgan fingerprint density at radius 2 is 1.88 bits per heavy atom. The number of carbonyl (C=O) groups is 1. The van der Waals surface area contributed by atoms with Gasteiger partial charge in [-0.2, -0.15) is 0 Å². The van der Waals surface area contributed by atoms with Crippen LogP contribution < -0.4 is 14.8 Å². The second kappa shape index (κ2) is 6.63. The van der Waals surface area contributed by atoms with Gasteiger partial charge in [-0.1, -0.05) is 18.9 Å². The third-order valence-corrected chi connectivity index (χ3v) is 5.54. The number of hydrogen-bond donors (Lipinski definition) is 1. The maximum Gasteiger partial charge on any atom is 0.249 e. The second-order valence-corrected chi connectivity index (χ2v) is 7.07. The van der Waals surface area contributed by atoms with Crippen LogP contribution in [-0.4, -0.2) is 38.4 Å². The smallest absolute Gasteiger partial charge is 0.249 e. The van der Waals surface area contributed by atoms with E-state index in [0.29, 0.717) is 26.4 Å². The number of carbonyl (C=O) groups excluding carboxylic acids is 1. The summed E-state index contributed by atoms with van der Waals surface area (Å²) in [6.45, 7) is 2.57. The highest BCUT2D eigenvalue weighted by Crippen LogP contribution is 2.43. The van der Waals surface area contributed by atoms with Gasteiger partial charge in [-0.15, -0.1) is 0 Å². The van der Waals surface area contributed by atoms with Crippen LogP contribution in [0.25, 0.3) is 0 Å². The fourth-order valence-electron chi connectivity index (χ4n) is 4.15. The quantitative estimate of drug-likeness (QED) is 0.921. The standard InChI is InChI=1S/C19H25NO4/c21-18(16-4-3-9-22-16)20-13-19(7-1-2-8-19)14-5-6-15-17(12-14)24-11-10-23-15/h5-6,12,16H,1-4,7-11,13H2,(H,20,21). The van der Waals surface area contributed by atoms with Gasteiger partial charge in [-0.3, -0.25) is 4.79 Å². The van der Waals surface area contributed by atoms with E-state index in [9.17, 15) is 4.79 Å². The average Bonchev–Trinajstić information content (AvgIpc) is 3.32. The molecule has 0 aromatic heterocycles. The first-order valence-corrected chi connectivity index (χ1v) is 9.06. The van der Waals surface area contributed by atoms with Crippen molar-refractivity contribution < 1.29 is 19.0 Å². The summed E-state index contributed by atoms with van der Waals surface area (Å²) in [7, 11) is 0. The zero-order valence-electron chi connectivity index (χ0n) is 14.0. The molecular formula is C19H25NO4. The van der Waals surface area contributed by atoms with E-state index in [-0.39, 0.29) is 17.4 Å². The van der Waals surface area contributed by atoms with Gasteiger partial charge in [-0.05, 0) is 43.4 Å². The Morgan fingerprint density at radius 1 is 1.08 bits per heavy atom. The van der Waals surface area contributed by atoms with E-state index >= 15 is 0 Å². The SMILES string of the molecule is O=C(NCC1(c2ccc3c(c2)OCCO3)CCCC1)C1CCCO1. The molecule has 1 unspecified atom stereocenters. The van der Waals surface area contributed by atoms with Crippen molar-refractivity contribution in [3.63, 3.8) is 0 Å². The van der Waals surface area contributed by atoms with E-state index in [2.05, 4.69) is 17.4 Å². The Balaban J connectivity index is 1.51. The van der Waals surface area contributed by atoms with Crippen molar-refractivity contribution in [2.75, 3.05) is 26.4 Å². The average molecular weight is 331 g/mol. The number of ether oxygens (including phenoxy) is 3. The Kier molecular flexibility index (Phi) is 4.35. The lowest BCUT2D eigenvalue weighted by Gasteiger charge is -2.31.